The molecule has 28 heavy (non-hydrogen) atoms. The van der Waals surface area contributed by atoms with Gasteiger partial charge in [0, 0.05) is 39.4 Å². The van der Waals surface area contributed by atoms with Crippen molar-refractivity contribution in [3.05, 3.63) is 22.8 Å². The van der Waals surface area contributed by atoms with Gasteiger partial charge in [-0.3, -0.25) is 9.89 Å². The standard InChI is InChI=1S/C16H23ClF3N5O2.HI/c1-21-15(22-2-4-25-5-8-26-9-6-25)23-3-7-27-14-13(17)10-12(11-24-14)16(18,19)20;/h10-11H,2-9H2,1H3,(H2,21,22,23);1H. The molecular formula is C16H24ClF3IN5O2. The smallest absolute Gasteiger partial charge is 0.417 e. The highest BCUT2D eigenvalue weighted by Gasteiger charge is 2.31. The van der Waals surface area contributed by atoms with Gasteiger partial charge in [0.25, 0.3) is 0 Å². The maximum atomic E-state index is 12.6. The quantitative estimate of drug-likeness (QED) is 0.241. The van der Waals surface area contributed by atoms with Crippen molar-refractivity contribution >= 4 is 41.5 Å². The van der Waals surface area contributed by atoms with Gasteiger partial charge in [-0.2, -0.15) is 13.2 Å². The molecule has 1 aliphatic heterocycles. The molecule has 0 spiro atoms. The fourth-order valence-corrected chi connectivity index (χ4v) is 2.60. The molecule has 0 amide bonds. The number of hydrogen-bond acceptors (Lipinski definition) is 5. The zero-order valence-corrected chi connectivity index (χ0v) is 18.5. The Bertz CT molecular complexity index is 631. The molecule has 1 saturated heterocycles. The van der Waals surface area contributed by atoms with Gasteiger partial charge >= 0.3 is 6.18 Å². The molecule has 2 rings (SSSR count). The second kappa shape index (κ2) is 12.5. The van der Waals surface area contributed by atoms with Crippen molar-refractivity contribution < 1.29 is 22.6 Å². The number of nitrogens with one attached hydrogen (secondary N) is 2. The van der Waals surface area contributed by atoms with Gasteiger partial charge in [-0.15, -0.1) is 24.0 Å². The summed E-state index contributed by atoms with van der Waals surface area (Å²) in [6, 6.07) is 0.795. The van der Waals surface area contributed by atoms with Crippen molar-refractivity contribution in [3.63, 3.8) is 0 Å². The lowest BCUT2D eigenvalue weighted by Gasteiger charge is -2.26. The Morgan fingerprint density at radius 2 is 2.00 bits per heavy atom. The predicted octanol–water partition coefficient (Wildman–Crippen LogP) is 2.25. The monoisotopic (exact) mass is 537 g/mol. The van der Waals surface area contributed by atoms with E-state index >= 15 is 0 Å². The fourth-order valence-electron chi connectivity index (χ4n) is 2.38. The highest BCUT2D eigenvalue weighted by Crippen LogP contribution is 2.32. The normalized spacial score (nSPS) is 15.7. The molecule has 0 aromatic carbocycles. The first kappa shape index (κ1) is 25.0. The van der Waals surface area contributed by atoms with Crippen molar-refractivity contribution in [2.24, 2.45) is 4.99 Å². The lowest BCUT2D eigenvalue weighted by molar-refractivity contribution is -0.137. The summed E-state index contributed by atoms with van der Waals surface area (Å²) in [5.74, 6) is 0.570. The molecule has 160 valence electrons. The molecule has 2 N–H and O–H groups in total. The van der Waals surface area contributed by atoms with Crippen molar-refractivity contribution in [1.29, 1.82) is 0 Å². The molecule has 12 heteroatoms. The van der Waals surface area contributed by atoms with Crippen molar-refractivity contribution in [2.75, 3.05) is 59.6 Å². The van der Waals surface area contributed by atoms with Crippen LogP contribution in [0.25, 0.3) is 0 Å². The van der Waals surface area contributed by atoms with Gasteiger partial charge in [0.15, 0.2) is 5.96 Å². The van der Waals surface area contributed by atoms with Crippen LogP contribution in [0.4, 0.5) is 13.2 Å². The SMILES string of the molecule is CN=C(NCCOc1ncc(C(F)(F)F)cc1Cl)NCCN1CCOCC1.I. The Labute approximate surface area is 184 Å². The summed E-state index contributed by atoms with van der Waals surface area (Å²) in [6.45, 7) is 5.51. The topological polar surface area (TPSA) is 71.0 Å². The van der Waals surface area contributed by atoms with Gasteiger partial charge in [-0.05, 0) is 6.07 Å². The number of pyridine rings is 1. The maximum Gasteiger partial charge on any atom is 0.417 e. The molecule has 1 fully saturated rings. The third kappa shape index (κ3) is 8.53. The summed E-state index contributed by atoms with van der Waals surface area (Å²) >= 11 is 5.79. The van der Waals surface area contributed by atoms with E-state index in [9.17, 15) is 13.2 Å². The first-order valence-corrected chi connectivity index (χ1v) is 8.88. The van der Waals surface area contributed by atoms with E-state index in [-0.39, 0.29) is 41.5 Å². The Hall–Kier alpha value is -1.05. The third-order valence-corrected chi connectivity index (χ3v) is 4.09. The Morgan fingerprint density at radius 3 is 2.61 bits per heavy atom. The first-order chi connectivity index (χ1) is 12.9. The number of halogens is 5. The minimum Gasteiger partial charge on any atom is -0.475 e. The third-order valence-electron chi connectivity index (χ3n) is 3.82. The largest absolute Gasteiger partial charge is 0.475 e. The van der Waals surface area contributed by atoms with E-state index in [4.69, 9.17) is 21.1 Å². The van der Waals surface area contributed by atoms with Crippen molar-refractivity contribution in [3.8, 4) is 5.88 Å². The summed E-state index contributed by atoms with van der Waals surface area (Å²) in [4.78, 5) is 10.0. The van der Waals surface area contributed by atoms with Crippen LogP contribution in [-0.2, 0) is 10.9 Å². The molecule has 0 radical (unpaired) electrons. The molecule has 7 nitrogen and oxygen atoms in total. The number of rotatable bonds is 7. The maximum absolute atomic E-state index is 12.6. The van der Waals surface area contributed by atoms with Gasteiger partial charge < -0.3 is 20.1 Å². The number of aliphatic imine (C=N–C) groups is 1. The predicted molar refractivity (Wildman–Crippen MR) is 112 cm³/mol. The molecule has 0 saturated carbocycles. The van der Waals surface area contributed by atoms with Crippen LogP contribution >= 0.6 is 35.6 Å². The van der Waals surface area contributed by atoms with E-state index in [2.05, 4.69) is 25.5 Å². The lowest BCUT2D eigenvalue weighted by atomic mass is 10.3. The second-order valence-corrected chi connectivity index (χ2v) is 6.14. The Kier molecular flexibility index (Phi) is 11.2. The van der Waals surface area contributed by atoms with Crippen LogP contribution in [-0.4, -0.2) is 75.4 Å². The van der Waals surface area contributed by atoms with Crippen LogP contribution in [0.3, 0.4) is 0 Å². The van der Waals surface area contributed by atoms with E-state index in [0.717, 1.165) is 45.5 Å². The molecule has 0 unspecified atom stereocenters. The van der Waals surface area contributed by atoms with Crippen LogP contribution in [0.15, 0.2) is 17.3 Å². The number of nitrogens with zero attached hydrogens (tertiary/aromatic N) is 3. The minimum atomic E-state index is -4.49. The number of guanidine groups is 1. The minimum absolute atomic E-state index is 0. The molecule has 0 bridgehead atoms. The average molecular weight is 538 g/mol. The van der Waals surface area contributed by atoms with Crippen molar-refractivity contribution in [2.45, 2.75) is 6.18 Å². The number of alkyl halides is 3. The molecule has 0 aliphatic carbocycles. The van der Waals surface area contributed by atoms with Crippen LogP contribution < -0.4 is 15.4 Å². The molecule has 2 heterocycles. The summed E-state index contributed by atoms with van der Waals surface area (Å²) in [6.07, 6.45) is -3.79. The average Bonchev–Trinajstić information content (AvgIpc) is 2.64. The van der Waals surface area contributed by atoms with E-state index in [1.54, 1.807) is 7.05 Å². The van der Waals surface area contributed by atoms with E-state index in [1.807, 2.05) is 0 Å². The zero-order chi connectivity index (χ0) is 19.7. The van der Waals surface area contributed by atoms with Gasteiger partial charge in [0.1, 0.15) is 11.6 Å². The Balaban J connectivity index is 0.00000392. The van der Waals surface area contributed by atoms with Crippen molar-refractivity contribution in [1.82, 2.24) is 20.5 Å². The van der Waals surface area contributed by atoms with Gasteiger partial charge in [-0.25, -0.2) is 4.98 Å². The molecular weight excluding hydrogens is 514 g/mol. The molecule has 1 aliphatic rings. The lowest BCUT2D eigenvalue weighted by Crippen LogP contribution is -2.45. The van der Waals surface area contributed by atoms with Crippen LogP contribution in [0, 0.1) is 0 Å². The molecule has 1 aromatic rings. The summed E-state index contributed by atoms with van der Waals surface area (Å²) in [7, 11) is 1.65. The fraction of sp³-hybridized carbons (Fsp3) is 0.625. The number of ether oxygens (including phenoxy) is 2. The summed E-state index contributed by atoms with van der Waals surface area (Å²) in [5.41, 5.74) is -0.914. The first-order valence-electron chi connectivity index (χ1n) is 8.50. The van der Waals surface area contributed by atoms with E-state index in [1.165, 1.54) is 0 Å². The van der Waals surface area contributed by atoms with E-state index in [0.29, 0.717) is 18.7 Å². The van der Waals surface area contributed by atoms with Crippen LogP contribution in [0.2, 0.25) is 5.02 Å². The van der Waals surface area contributed by atoms with Crippen LogP contribution in [0.1, 0.15) is 5.56 Å². The molecule has 0 atom stereocenters. The summed E-state index contributed by atoms with van der Waals surface area (Å²) in [5, 5.41) is 6.05. The second-order valence-electron chi connectivity index (χ2n) is 5.74. The van der Waals surface area contributed by atoms with E-state index < -0.39 is 11.7 Å². The highest BCUT2D eigenvalue weighted by atomic mass is 127. The number of hydrogen-bond donors (Lipinski definition) is 2. The van der Waals surface area contributed by atoms with Gasteiger partial charge in [-0.1, -0.05) is 11.6 Å². The number of aromatic nitrogens is 1. The van der Waals surface area contributed by atoms with Gasteiger partial charge in [0.05, 0.1) is 25.3 Å². The molecule has 1 aromatic heterocycles. The summed E-state index contributed by atoms with van der Waals surface area (Å²) < 4.78 is 48.3. The Morgan fingerprint density at radius 1 is 1.32 bits per heavy atom. The zero-order valence-electron chi connectivity index (χ0n) is 15.4. The van der Waals surface area contributed by atoms with Gasteiger partial charge in [0.2, 0.25) is 5.88 Å². The van der Waals surface area contributed by atoms with Crippen LogP contribution in [0.5, 0.6) is 5.88 Å². The number of morpholine rings is 1. The highest BCUT2D eigenvalue weighted by molar-refractivity contribution is 14.0.